The molecule has 2 aromatic rings. The minimum Gasteiger partial charge on any atom is -0.311 e. The zero-order chi connectivity index (χ0) is 18.4. The quantitative estimate of drug-likeness (QED) is 0.730. The number of nitrogens with zero attached hydrogens (tertiary/aromatic N) is 5. The van der Waals surface area contributed by atoms with Gasteiger partial charge in [0, 0.05) is 25.2 Å². The maximum absolute atomic E-state index is 12.8. The Bertz CT molecular complexity index is 793. The molecule has 136 valence electrons. The van der Waals surface area contributed by atoms with Crippen molar-refractivity contribution in [3.8, 4) is 6.07 Å². The molecule has 0 radical (unpaired) electrons. The van der Waals surface area contributed by atoms with Crippen molar-refractivity contribution < 1.29 is 4.79 Å². The van der Waals surface area contributed by atoms with Crippen molar-refractivity contribution in [2.24, 2.45) is 0 Å². The maximum Gasteiger partial charge on any atom is 0.237 e. The van der Waals surface area contributed by atoms with E-state index in [4.69, 9.17) is 5.26 Å². The summed E-state index contributed by atoms with van der Waals surface area (Å²) < 4.78 is 2.15. The zero-order valence-corrected chi connectivity index (χ0v) is 15.8. The van der Waals surface area contributed by atoms with Crippen LogP contribution < -0.4 is 4.90 Å². The second-order valence-electron chi connectivity index (χ2n) is 6.44. The van der Waals surface area contributed by atoms with Gasteiger partial charge in [-0.25, -0.2) is 0 Å². The zero-order valence-electron chi connectivity index (χ0n) is 15.0. The van der Waals surface area contributed by atoms with Gasteiger partial charge in [-0.15, -0.1) is 10.2 Å². The highest BCUT2D eigenvalue weighted by molar-refractivity contribution is 7.99. The molecule has 2 heterocycles. The number of aryl methyl sites for hydroxylation is 2. The summed E-state index contributed by atoms with van der Waals surface area (Å²) in [6.45, 7) is 3.34. The Morgan fingerprint density at radius 3 is 2.85 bits per heavy atom. The number of amides is 1. The number of hydrogen-bond acceptors (Lipinski definition) is 5. The van der Waals surface area contributed by atoms with Crippen LogP contribution in [0.4, 0.5) is 5.69 Å². The van der Waals surface area contributed by atoms with Gasteiger partial charge in [0.15, 0.2) is 5.16 Å². The topological polar surface area (TPSA) is 74.8 Å². The van der Waals surface area contributed by atoms with E-state index in [1.807, 2.05) is 31.2 Å². The number of fused-ring (bicyclic) bond motifs is 1. The minimum absolute atomic E-state index is 0.0138. The van der Waals surface area contributed by atoms with E-state index in [1.54, 1.807) is 4.90 Å². The standard InChI is InChI=1S/C19H23N5OS/c1-15-7-9-16(10-8-15)23(13-5-11-20)18(25)14-26-19-22-21-17-6-3-2-4-12-24(17)19/h7-10H,2-6,12-14H2,1H3. The van der Waals surface area contributed by atoms with Crippen molar-refractivity contribution in [3.05, 3.63) is 35.7 Å². The number of hydrogen-bond donors (Lipinski definition) is 0. The Labute approximate surface area is 158 Å². The fraction of sp³-hybridized carbons (Fsp3) is 0.474. The molecule has 0 bridgehead atoms. The van der Waals surface area contributed by atoms with E-state index >= 15 is 0 Å². The first-order valence-electron chi connectivity index (χ1n) is 8.98. The smallest absolute Gasteiger partial charge is 0.237 e. The summed E-state index contributed by atoms with van der Waals surface area (Å²) in [6, 6.07) is 9.94. The Kier molecular flexibility index (Phi) is 6.29. The van der Waals surface area contributed by atoms with Crippen LogP contribution in [0.5, 0.6) is 0 Å². The van der Waals surface area contributed by atoms with Crippen LogP contribution >= 0.6 is 11.8 Å². The van der Waals surface area contributed by atoms with Gasteiger partial charge in [-0.05, 0) is 31.9 Å². The lowest BCUT2D eigenvalue weighted by Gasteiger charge is -2.21. The number of thioether (sulfide) groups is 1. The fourth-order valence-corrected chi connectivity index (χ4v) is 3.91. The molecule has 0 spiro atoms. The normalized spacial score (nSPS) is 13.5. The molecule has 0 unspecified atom stereocenters. The van der Waals surface area contributed by atoms with Crippen LogP contribution in [-0.4, -0.2) is 33.0 Å². The second kappa shape index (κ2) is 8.86. The average molecular weight is 369 g/mol. The van der Waals surface area contributed by atoms with Crippen molar-refractivity contribution in [2.75, 3.05) is 17.2 Å². The van der Waals surface area contributed by atoms with Crippen LogP contribution in [0.1, 0.15) is 37.1 Å². The molecule has 0 saturated heterocycles. The predicted molar refractivity (Wildman–Crippen MR) is 102 cm³/mol. The van der Waals surface area contributed by atoms with Gasteiger partial charge in [-0.1, -0.05) is 35.9 Å². The van der Waals surface area contributed by atoms with Crippen LogP contribution in [0.2, 0.25) is 0 Å². The van der Waals surface area contributed by atoms with Crippen molar-refractivity contribution in [3.63, 3.8) is 0 Å². The van der Waals surface area contributed by atoms with Gasteiger partial charge in [0.05, 0.1) is 18.2 Å². The van der Waals surface area contributed by atoms with E-state index in [0.29, 0.717) is 13.0 Å². The summed E-state index contributed by atoms with van der Waals surface area (Å²) >= 11 is 1.43. The van der Waals surface area contributed by atoms with Gasteiger partial charge in [0.25, 0.3) is 0 Å². The molecule has 26 heavy (non-hydrogen) atoms. The number of aromatic nitrogens is 3. The highest BCUT2D eigenvalue weighted by Gasteiger charge is 2.19. The lowest BCUT2D eigenvalue weighted by atomic mass is 10.2. The molecule has 0 aliphatic carbocycles. The third-order valence-corrected chi connectivity index (χ3v) is 5.45. The number of benzene rings is 1. The molecule has 1 aliphatic rings. The van der Waals surface area contributed by atoms with Gasteiger partial charge in [-0.3, -0.25) is 4.79 Å². The fourth-order valence-electron chi connectivity index (χ4n) is 3.05. The molecular weight excluding hydrogens is 346 g/mol. The molecule has 1 aliphatic heterocycles. The van der Waals surface area contributed by atoms with E-state index in [0.717, 1.165) is 48.0 Å². The monoisotopic (exact) mass is 369 g/mol. The Morgan fingerprint density at radius 2 is 2.08 bits per heavy atom. The van der Waals surface area contributed by atoms with E-state index in [1.165, 1.54) is 18.2 Å². The Morgan fingerprint density at radius 1 is 1.27 bits per heavy atom. The number of anilines is 1. The van der Waals surface area contributed by atoms with Crippen molar-refractivity contribution in [1.29, 1.82) is 5.26 Å². The minimum atomic E-state index is -0.0138. The average Bonchev–Trinajstić information content (AvgIpc) is 2.88. The van der Waals surface area contributed by atoms with Gasteiger partial charge in [-0.2, -0.15) is 5.26 Å². The van der Waals surface area contributed by atoms with Crippen LogP contribution in [0, 0.1) is 18.3 Å². The summed E-state index contributed by atoms with van der Waals surface area (Å²) in [7, 11) is 0. The number of rotatable bonds is 6. The molecule has 6 nitrogen and oxygen atoms in total. The van der Waals surface area contributed by atoms with Crippen LogP contribution in [0.15, 0.2) is 29.4 Å². The second-order valence-corrected chi connectivity index (χ2v) is 7.38. The molecule has 7 heteroatoms. The van der Waals surface area contributed by atoms with Crippen LogP contribution in [0.3, 0.4) is 0 Å². The first kappa shape index (κ1) is 18.5. The lowest BCUT2D eigenvalue weighted by Crippen LogP contribution is -2.33. The van der Waals surface area contributed by atoms with Crippen LogP contribution in [0.25, 0.3) is 0 Å². The Balaban J connectivity index is 1.69. The molecule has 0 atom stereocenters. The van der Waals surface area contributed by atoms with Gasteiger partial charge in [0.2, 0.25) is 5.91 Å². The SMILES string of the molecule is Cc1ccc(N(CCC#N)C(=O)CSc2nnc3n2CCCCC3)cc1. The predicted octanol–water partition coefficient (Wildman–Crippen LogP) is 3.35. The number of carbonyl (C=O) groups is 1. The van der Waals surface area contributed by atoms with Crippen molar-refractivity contribution in [1.82, 2.24) is 14.8 Å². The molecule has 1 aromatic heterocycles. The van der Waals surface area contributed by atoms with E-state index in [-0.39, 0.29) is 11.7 Å². The van der Waals surface area contributed by atoms with E-state index < -0.39 is 0 Å². The third-order valence-electron chi connectivity index (χ3n) is 4.49. The van der Waals surface area contributed by atoms with Gasteiger partial charge in [0.1, 0.15) is 5.82 Å². The highest BCUT2D eigenvalue weighted by Crippen LogP contribution is 2.23. The number of nitriles is 1. The first-order chi connectivity index (χ1) is 12.7. The summed E-state index contributed by atoms with van der Waals surface area (Å²) in [4.78, 5) is 14.5. The van der Waals surface area contributed by atoms with Crippen LogP contribution in [-0.2, 0) is 17.8 Å². The summed E-state index contributed by atoms with van der Waals surface area (Å²) in [5, 5.41) is 18.3. The summed E-state index contributed by atoms with van der Waals surface area (Å²) in [6.07, 6.45) is 4.76. The summed E-state index contributed by atoms with van der Waals surface area (Å²) in [5.74, 6) is 1.30. The molecule has 0 N–H and O–H groups in total. The molecule has 1 amide bonds. The first-order valence-corrected chi connectivity index (χ1v) is 9.96. The molecule has 1 aromatic carbocycles. The van der Waals surface area contributed by atoms with Crippen molar-refractivity contribution >= 4 is 23.4 Å². The summed E-state index contributed by atoms with van der Waals surface area (Å²) in [5.41, 5.74) is 1.97. The third kappa shape index (κ3) is 4.44. The Hall–Kier alpha value is -2.33. The number of carbonyl (C=O) groups excluding carboxylic acids is 1. The lowest BCUT2D eigenvalue weighted by molar-refractivity contribution is -0.116. The molecule has 3 rings (SSSR count). The maximum atomic E-state index is 12.8. The largest absolute Gasteiger partial charge is 0.311 e. The molecule has 0 saturated carbocycles. The van der Waals surface area contributed by atoms with Gasteiger partial charge < -0.3 is 9.47 Å². The highest BCUT2D eigenvalue weighted by atomic mass is 32.2. The molecular formula is C19H23N5OS. The van der Waals surface area contributed by atoms with Crippen molar-refractivity contribution in [2.45, 2.75) is 50.7 Å². The van der Waals surface area contributed by atoms with Gasteiger partial charge >= 0.3 is 0 Å². The molecule has 0 fully saturated rings. The van der Waals surface area contributed by atoms with E-state index in [9.17, 15) is 4.79 Å². The van der Waals surface area contributed by atoms with E-state index in [2.05, 4.69) is 20.8 Å².